The van der Waals surface area contributed by atoms with Crippen LogP contribution in [0.1, 0.15) is 0 Å². The zero-order valence-electron chi connectivity index (χ0n) is 11.0. The van der Waals surface area contributed by atoms with Gasteiger partial charge in [-0.15, -0.1) is 0 Å². The molecule has 106 valence electrons. The highest BCUT2D eigenvalue weighted by Crippen LogP contribution is 2.40. The number of allylic oxidation sites excluding steroid dienone is 2. The first kappa shape index (κ1) is 16.3. The Kier molecular flexibility index (Phi) is 5.54. The summed E-state index contributed by atoms with van der Waals surface area (Å²) >= 11 is 3.11. The van der Waals surface area contributed by atoms with Crippen LogP contribution in [0, 0.1) is 39.8 Å². The molecule has 0 aliphatic carbocycles. The Bertz CT molecular complexity index is 710. The van der Waals surface area contributed by atoms with Gasteiger partial charge in [-0.25, -0.2) is 0 Å². The molecule has 8 heteroatoms. The molecule has 1 aromatic carbocycles. The molecule has 0 bridgehead atoms. The number of methoxy groups -OCH3 is 2. The van der Waals surface area contributed by atoms with Crippen molar-refractivity contribution < 1.29 is 13.9 Å². The molecule has 0 radical (unpaired) electrons. The molecule has 0 saturated heterocycles. The average Bonchev–Trinajstić information content (AvgIpc) is 2.47. The van der Waals surface area contributed by atoms with Crippen molar-refractivity contribution in [2.75, 3.05) is 19.5 Å². The van der Waals surface area contributed by atoms with E-state index in [0.717, 1.165) is 0 Å². The minimum absolute atomic E-state index is 0.0688. The lowest BCUT2D eigenvalue weighted by Gasteiger charge is -2.14. The summed E-state index contributed by atoms with van der Waals surface area (Å²) in [7, 11) is 2.53. The monoisotopic (exact) mass is 350 g/mol. The fraction of sp³-hybridized carbons (Fsp3) is 0.154. The lowest BCUT2D eigenvalue weighted by molar-refractivity contribution is 0.350. The van der Waals surface area contributed by atoms with E-state index in [-0.39, 0.29) is 27.4 Å². The lowest BCUT2D eigenvalue weighted by Crippen LogP contribution is -2.05. The number of benzene rings is 1. The van der Waals surface area contributed by atoms with Crippen LogP contribution in [0.5, 0.6) is 11.5 Å². The molecule has 0 unspecified atom stereocenters. The Labute approximate surface area is 128 Å². The normalized spacial score (nSPS) is 8.81. The smallest absolute Gasteiger partial charge is 0.210 e. The van der Waals surface area contributed by atoms with Gasteiger partial charge in [-0.3, -0.25) is 0 Å². The molecule has 1 rings (SSSR count). The summed E-state index contributed by atoms with van der Waals surface area (Å²) in [5.41, 5.74) is -0.663. The van der Waals surface area contributed by atoms with Gasteiger partial charge in [0.15, 0.2) is 17.1 Å². The number of hydrogen-bond acceptors (Lipinski definition) is 6. The van der Waals surface area contributed by atoms with Gasteiger partial charge < -0.3 is 14.8 Å². The van der Waals surface area contributed by atoms with Crippen LogP contribution < -0.4 is 14.8 Å². The maximum absolute atomic E-state index is 14.2. The molecule has 6 nitrogen and oxygen atoms in total. The third kappa shape index (κ3) is 3.22. The van der Waals surface area contributed by atoms with Crippen molar-refractivity contribution in [3.05, 3.63) is 27.6 Å². The first-order chi connectivity index (χ1) is 10.0. The fourth-order valence-electron chi connectivity index (χ4n) is 1.48. The van der Waals surface area contributed by atoms with E-state index in [0.29, 0.717) is 0 Å². The van der Waals surface area contributed by atoms with Crippen LogP contribution in [0.2, 0.25) is 0 Å². The lowest BCUT2D eigenvalue weighted by atomic mass is 10.2. The maximum atomic E-state index is 14.2. The Balaban J connectivity index is 3.47. The predicted molar refractivity (Wildman–Crippen MR) is 74.7 cm³/mol. The zero-order valence-corrected chi connectivity index (χ0v) is 12.6. The Morgan fingerprint density at radius 1 is 1.14 bits per heavy atom. The van der Waals surface area contributed by atoms with E-state index in [1.54, 1.807) is 18.2 Å². The second-order valence-corrected chi connectivity index (χ2v) is 4.35. The van der Waals surface area contributed by atoms with E-state index in [2.05, 4.69) is 21.2 Å². The molecular weight excluding hydrogens is 343 g/mol. The largest absolute Gasteiger partial charge is 0.492 e. The number of hydrogen-bond donors (Lipinski definition) is 1. The minimum atomic E-state index is -0.787. The molecule has 0 amide bonds. The Morgan fingerprint density at radius 3 is 2.14 bits per heavy atom. The van der Waals surface area contributed by atoms with E-state index in [9.17, 15) is 4.39 Å². The topological polar surface area (TPSA) is 102 Å². The molecule has 0 aliphatic heterocycles. The Morgan fingerprint density at radius 2 is 1.71 bits per heavy atom. The number of halogens is 2. The van der Waals surface area contributed by atoms with Crippen molar-refractivity contribution in [2.24, 2.45) is 0 Å². The van der Waals surface area contributed by atoms with Gasteiger partial charge in [0.2, 0.25) is 5.82 Å². The number of ether oxygens (including phenoxy) is 2. The molecule has 0 spiro atoms. The van der Waals surface area contributed by atoms with Crippen LogP contribution in [0.3, 0.4) is 0 Å². The number of nitrogens with zero attached hydrogens (tertiary/aromatic N) is 3. The first-order valence-corrected chi connectivity index (χ1v) is 6.14. The van der Waals surface area contributed by atoms with Gasteiger partial charge in [0.1, 0.15) is 23.9 Å². The maximum Gasteiger partial charge on any atom is 0.210 e. The van der Waals surface area contributed by atoms with E-state index in [4.69, 9.17) is 25.3 Å². The number of nitriles is 3. The highest BCUT2D eigenvalue weighted by molar-refractivity contribution is 9.10. The fourth-order valence-corrected chi connectivity index (χ4v) is 2.05. The third-order valence-electron chi connectivity index (χ3n) is 2.38. The van der Waals surface area contributed by atoms with E-state index in [1.165, 1.54) is 20.3 Å². The zero-order chi connectivity index (χ0) is 16.0. The summed E-state index contributed by atoms with van der Waals surface area (Å²) in [6, 6.07) is 6.23. The van der Waals surface area contributed by atoms with Gasteiger partial charge in [0.25, 0.3) is 0 Å². The standard InChI is InChI=1S/C13H8BrFN4O2/c1-20-12-8(14)3-9(13(21-2)11(12)15)19-10(6-18)7(4-16)5-17/h3,19H,1-2H3. The number of nitrogens with one attached hydrogen (secondary N) is 1. The SMILES string of the molecule is COc1c(Br)cc(NC(C#N)=C(C#N)C#N)c(OC)c1F. The minimum Gasteiger partial charge on any atom is -0.492 e. The van der Waals surface area contributed by atoms with Crippen molar-refractivity contribution in [3.63, 3.8) is 0 Å². The second kappa shape index (κ2) is 7.14. The van der Waals surface area contributed by atoms with Crippen LogP contribution in [0.15, 0.2) is 21.8 Å². The van der Waals surface area contributed by atoms with Crippen LogP contribution in [0.4, 0.5) is 10.1 Å². The van der Waals surface area contributed by atoms with Gasteiger partial charge in [-0.1, -0.05) is 0 Å². The molecule has 0 aliphatic rings. The van der Waals surface area contributed by atoms with Gasteiger partial charge in [-0.05, 0) is 22.0 Å². The van der Waals surface area contributed by atoms with Crippen LogP contribution >= 0.6 is 15.9 Å². The van der Waals surface area contributed by atoms with Crippen LogP contribution in [-0.4, -0.2) is 14.2 Å². The summed E-state index contributed by atoms with van der Waals surface area (Å²) in [6.45, 7) is 0. The van der Waals surface area contributed by atoms with Crippen molar-refractivity contribution in [3.8, 4) is 29.7 Å². The summed E-state index contributed by atoms with van der Waals surface area (Å²) in [6.07, 6.45) is 0. The van der Waals surface area contributed by atoms with E-state index >= 15 is 0 Å². The predicted octanol–water partition coefficient (Wildman–Crippen LogP) is 2.84. The molecule has 0 atom stereocenters. The molecule has 0 aromatic heterocycles. The summed E-state index contributed by atoms with van der Waals surface area (Å²) < 4.78 is 24.3. The number of anilines is 1. The van der Waals surface area contributed by atoms with Crippen molar-refractivity contribution in [1.29, 1.82) is 15.8 Å². The average molecular weight is 351 g/mol. The molecule has 1 N–H and O–H groups in total. The highest BCUT2D eigenvalue weighted by atomic mass is 79.9. The first-order valence-electron chi connectivity index (χ1n) is 5.35. The van der Waals surface area contributed by atoms with Gasteiger partial charge in [0, 0.05) is 0 Å². The summed E-state index contributed by atoms with van der Waals surface area (Å²) in [5.74, 6) is -1.07. The Hall–Kier alpha value is -2.76. The summed E-state index contributed by atoms with van der Waals surface area (Å²) in [4.78, 5) is 0. The molecule has 0 saturated carbocycles. The second-order valence-electron chi connectivity index (χ2n) is 3.50. The van der Waals surface area contributed by atoms with Crippen molar-refractivity contribution in [1.82, 2.24) is 0 Å². The molecular formula is C13H8BrFN4O2. The molecule has 0 fully saturated rings. The quantitative estimate of drug-likeness (QED) is 0.837. The van der Waals surface area contributed by atoms with Crippen molar-refractivity contribution >= 4 is 21.6 Å². The number of rotatable bonds is 4. The molecule has 0 heterocycles. The molecule has 1 aromatic rings. The van der Waals surface area contributed by atoms with E-state index < -0.39 is 11.4 Å². The highest BCUT2D eigenvalue weighted by Gasteiger charge is 2.20. The van der Waals surface area contributed by atoms with Crippen LogP contribution in [-0.2, 0) is 0 Å². The van der Waals surface area contributed by atoms with Gasteiger partial charge >= 0.3 is 0 Å². The molecule has 21 heavy (non-hydrogen) atoms. The van der Waals surface area contributed by atoms with Crippen molar-refractivity contribution in [2.45, 2.75) is 0 Å². The van der Waals surface area contributed by atoms with Gasteiger partial charge in [0.05, 0.1) is 24.4 Å². The summed E-state index contributed by atoms with van der Waals surface area (Å²) in [5, 5.41) is 29.0. The van der Waals surface area contributed by atoms with E-state index in [1.807, 2.05) is 0 Å². The third-order valence-corrected chi connectivity index (χ3v) is 2.97. The van der Waals surface area contributed by atoms with Crippen LogP contribution in [0.25, 0.3) is 0 Å². The van der Waals surface area contributed by atoms with Gasteiger partial charge in [-0.2, -0.15) is 20.2 Å².